The van der Waals surface area contributed by atoms with Crippen LogP contribution in [0, 0.1) is 0 Å². The third kappa shape index (κ3) is 7.20. The summed E-state index contributed by atoms with van der Waals surface area (Å²) in [5.41, 5.74) is 10.1. The highest BCUT2D eigenvalue weighted by Crippen LogP contribution is 2.66. The molecule has 2 rings (SSSR count). The second kappa shape index (κ2) is 10.2. The third-order valence-corrected chi connectivity index (χ3v) is 7.64. The maximum atomic E-state index is 12.0. The van der Waals surface area contributed by atoms with Crippen LogP contribution in [0.2, 0.25) is 0 Å². The molecule has 0 aliphatic heterocycles. The molecule has 0 spiro atoms. The molecule has 0 bridgehead atoms. The number of hydrogen-bond donors (Lipinski definition) is 8. The lowest BCUT2D eigenvalue weighted by molar-refractivity contribution is -0.310. The third-order valence-electron chi connectivity index (χ3n) is 3.85. The van der Waals surface area contributed by atoms with Crippen molar-refractivity contribution >= 4 is 40.6 Å². The van der Waals surface area contributed by atoms with Gasteiger partial charge in [-0.15, -0.1) is 0 Å². The highest BCUT2D eigenvalue weighted by Gasteiger charge is 2.46. The summed E-state index contributed by atoms with van der Waals surface area (Å²) >= 11 is 0. The monoisotopic (exact) mass is 554 g/mol. The number of nitrogens with zero attached hydrogens (tertiary/aromatic N) is 3. The maximum absolute atomic E-state index is 12.0. The van der Waals surface area contributed by atoms with Crippen LogP contribution in [-0.2, 0) is 36.3 Å². The number of aliphatic hydroxyl groups is 1. The zero-order valence-corrected chi connectivity index (χ0v) is 19.9. The quantitative estimate of drug-likeness (QED) is 0.106. The average molecular weight is 554 g/mol. The molecule has 34 heavy (non-hydrogen) atoms. The van der Waals surface area contributed by atoms with Crippen LogP contribution in [0.4, 0.5) is 5.95 Å². The Bertz CT molecular complexity index is 1230. The number of phosphoric acid groups is 3. The number of aromatic nitrogens is 4. The number of anilines is 1. The number of nitrogen functional groups attached to an aromatic ring is 1. The van der Waals surface area contributed by atoms with Gasteiger partial charge in [0.2, 0.25) is 11.7 Å². The summed E-state index contributed by atoms with van der Waals surface area (Å²) in [6.45, 7) is 0.0825. The van der Waals surface area contributed by atoms with Crippen molar-refractivity contribution in [1.29, 1.82) is 0 Å². The predicted octanol–water partition coefficient (Wildman–Crippen LogP) is -1.80. The maximum Gasteiger partial charge on any atom is 0.490 e. The van der Waals surface area contributed by atoms with Gasteiger partial charge in [0.05, 0.1) is 6.33 Å². The Morgan fingerprint density at radius 3 is 2.35 bits per heavy atom. The number of phosphoric ester groups is 1. The van der Waals surface area contributed by atoms with E-state index in [4.69, 9.17) is 30.7 Å². The van der Waals surface area contributed by atoms with Crippen LogP contribution in [0.1, 0.15) is 13.2 Å². The van der Waals surface area contributed by atoms with Gasteiger partial charge in [0.1, 0.15) is 12.8 Å². The first-order valence-electron chi connectivity index (χ1n) is 8.57. The van der Waals surface area contributed by atoms with E-state index in [0.717, 1.165) is 18.0 Å². The summed E-state index contributed by atoms with van der Waals surface area (Å²) in [6, 6.07) is 0. The second-order valence-corrected chi connectivity index (χ2v) is 10.7. The molecule has 0 saturated carbocycles. The molecule has 0 aliphatic rings. The molecule has 5 atom stereocenters. The molecule has 0 fully saturated rings. The first-order valence-corrected chi connectivity index (χ1v) is 13.1. The summed E-state index contributed by atoms with van der Waals surface area (Å²) in [7, 11) is -16.1. The first kappa shape index (κ1) is 28.6. The van der Waals surface area contributed by atoms with E-state index in [9.17, 15) is 33.4 Å². The van der Waals surface area contributed by atoms with E-state index in [1.165, 1.54) is 6.92 Å². The number of rotatable bonds is 12. The Kier molecular flexibility index (Phi) is 8.57. The Balaban J connectivity index is 2.26. The molecule has 0 radical (unpaired) electrons. The van der Waals surface area contributed by atoms with E-state index in [0.29, 0.717) is 0 Å². The molecule has 20 nitrogen and oxygen atoms in total. The summed E-state index contributed by atoms with van der Waals surface area (Å²) in [5, 5.41) is 9.98. The van der Waals surface area contributed by atoms with E-state index in [2.05, 4.69) is 28.1 Å². The topological polar surface area (TPSA) is 314 Å². The number of hydrogen-bond acceptors (Lipinski definition) is 14. The fourth-order valence-electron chi connectivity index (χ4n) is 2.45. The van der Waals surface area contributed by atoms with E-state index >= 15 is 0 Å². The molecule has 23 heteroatoms. The van der Waals surface area contributed by atoms with Gasteiger partial charge in [0.15, 0.2) is 17.4 Å². The van der Waals surface area contributed by atoms with Crippen molar-refractivity contribution in [2.45, 2.75) is 25.2 Å². The number of fused-ring (bicyclic) bond motifs is 1. The smallest absolute Gasteiger partial charge is 0.373 e. The normalized spacial score (nSPS) is 19.8. The standard InChI is InChI=1S/C11H21N6O14P3/c1-5(17-4-14-6-7(17)15-10(13)16-8(6)18)29-11(27-2,9(12)19)3-28-33(23,24)31-34(25,26)30-32(20,21)22/h4-5,9,19H,3,12H2,1-2H3,(H,23,24)(H,25,26)(H2,20,21,22)(H3,13,15,16,18)/t5-,9-,11-/m1/s1. The fourth-order valence-corrected chi connectivity index (χ4v) is 5.48. The molecule has 0 saturated heterocycles. The highest BCUT2D eigenvalue weighted by atomic mass is 31.3. The fraction of sp³-hybridized carbons (Fsp3) is 0.545. The Labute approximate surface area is 188 Å². The zero-order valence-electron chi connectivity index (χ0n) is 17.2. The van der Waals surface area contributed by atoms with Crippen molar-refractivity contribution in [1.82, 2.24) is 19.5 Å². The molecule has 0 aromatic carbocycles. The van der Waals surface area contributed by atoms with Crippen molar-refractivity contribution in [3.8, 4) is 0 Å². The van der Waals surface area contributed by atoms with Crippen molar-refractivity contribution in [3.63, 3.8) is 0 Å². The summed E-state index contributed by atoms with van der Waals surface area (Å²) in [6.07, 6.45) is -2.20. The van der Waals surface area contributed by atoms with Gasteiger partial charge in [-0.3, -0.25) is 18.9 Å². The van der Waals surface area contributed by atoms with E-state index < -0.39 is 53.9 Å². The number of nitrogens with one attached hydrogen (secondary N) is 1. The van der Waals surface area contributed by atoms with Gasteiger partial charge in [-0.25, -0.2) is 18.7 Å². The number of ether oxygens (including phenoxy) is 2. The molecule has 2 unspecified atom stereocenters. The van der Waals surface area contributed by atoms with Gasteiger partial charge < -0.3 is 45.6 Å². The van der Waals surface area contributed by atoms with Gasteiger partial charge in [0.25, 0.3) is 5.56 Å². The largest absolute Gasteiger partial charge is 0.490 e. The Morgan fingerprint density at radius 1 is 1.21 bits per heavy atom. The van der Waals surface area contributed by atoms with Crippen LogP contribution in [-0.4, -0.2) is 69.9 Å². The minimum atomic E-state index is -5.80. The minimum absolute atomic E-state index is 0.0573. The minimum Gasteiger partial charge on any atom is -0.373 e. The molecule has 2 aromatic rings. The molecule has 10 N–H and O–H groups in total. The lowest BCUT2D eigenvalue weighted by Crippen LogP contribution is -2.55. The van der Waals surface area contributed by atoms with Crippen molar-refractivity contribution in [2.24, 2.45) is 5.73 Å². The van der Waals surface area contributed by atoms with Gasteiger partial charge in [0, 0.05) is 7.11 Å². The molecule has 2 heterocycles. The van der Waals surface area contributed by atoms with E-state index in [1.807, 2.05) is 0 Å². The summed E-state index contributed by atoms with van der Waals surface area (Å²) in [4.78, 5) is 57.9. The van der Waals surface area contributed by atoms with Crippen molar-refractivity contribution in [3.05, 3.63) is 16.7 Å². The van der Waals surface area contributed by atoms with Gasteiger partial charge >= 0.3 is 23.5 Å². The van der Waals surface area contributed by atoms with Crippen LogP contribution in [0.5, 0.6) is 0 Å². The van der Waals surface area contributed by atoms with Gasteiger partial charge in [-0.2, -0.15) is 13.6 Å². The molecule has 0 aliphatic carbocycles. The molecular weight excluding hydrogens is 533 g/mol. The molecule has 2 aromatic heterocycles. The molecule has 194 valence electrons. The number of methoxy groups -OCH3 is 1. The van der Waals surface area contributed by atoms with Gasteiger partial charge in [-0.05, 0) is 6.92 Å². The van der Waals surface area contributed by atoms with Crippen LogP contribution >= 0.6 is 23.5 Å². The summed E-state index contributed by atoms with van der Waals surface area (Å²) < 4.78 is 57.4. The number of aromatic amines is 1. The Hall–Kier alpha value is -1.60. The lowest BCUT2D eigenvalue weighted by Gasteiger charge is -2.36. The average Bonchev–Trinajstić information content (AvgIpc) is 3.06. The molecule has 0 amide bonds. The number of aliphatic hydroxyl groups excluding tert-OH is 1. The van der Waals surface area contributed by atoms with E-state index in [1.54, 1.807) is 0 Å². The van der Waals surface area contributed by atoms with E-state index in [-0.39, 0.29) is 17.1 Å². The lowest BCUT2D eigenvalue weighted by atomic mass is 10.2. The van der Waals surface area contributed by atoms with Crippen molar-refractivity contribution < 1.29 is 61.0 Å². The number of H-pyrrole nitrogens is 1. The number of imidazole rings is 1. The molecular formula is C11H21N6O14P3. The first-order chi connectivity index (χ1) is 15.4. The highest BCUT2D eigenvalue weighted by molar-refractivity contribution is 7.66. The number of nitrogens with two attached hydrogens (primary N) is 2. The van der Waals surface area contributed by atoms with Crippen molar-refractivity contribution in [2.75, 3.05) is 19.5 Å². The van der Waals surface area contributed by atoms with Crippen LogP contribution in [0.15, 0.2) is 11.1 Å². The predicted molar refractivity (Wildman–Crippen MR) is 108 cm³/mol. The van der Waals surface area contributed by atoms with Gasteiger partial charge in [-0.1, -0.05) is 0 Å². The zero-order chi connectivity index (χ0) is 26.1. The summed E-state index contributed by atoms with van der Waals surface area (Å²) in [5.74, 6) is -2.72. The second-order valence-electron chi connectivity index (χ2n) is 6.32. The SMILES string of the molecule is CO[C@](COP(=O)(O)OP(=O)(O)OP(=O)(O)O)(O[C@H](C)n1cnc2c(=O)[nH]c(N)nc21)[C@H](N)O. The van der Waals surface area contributed by atoms with Crippen LogP contribution in [0.3, 0.4) is 0 Å². The van der Waals surface area contributed by atoms with Crippen LogP contribution < -0.4 is 17.0 Å². The Morgan fingerprint density at radius 2 is 1.82 bits per heavy atom. The van der Waals surface area contributed by atoms with Crippen LogP contribution in [0.25, 0.3) is 11.2 Å².